The second-order valence-corrected chi connectivity index (χ2v) is 8.05. The molecular formula is C21H23N3OS2. The van der Waals surface area contributed by atoms with E-state index in [2.05, 4.69) is 42.5 Å². The Hall–Kier alpha value is -2.15. The van der Waals surface area contributed by atoms with Crippen LogP contribution in [-0.2, 0) is 17.9 Å². The molecule has 0 aliphatic carbocycles. The van der Waals surface area contributed by atoms with E-state index >= 15 is 0 Å². The fourth-order valence-corrected chi connectivity index (χ4v) is 4.14. The molecule has 1 amide bonds. The van der Waals surface area contributed by atoms with Crippen LogP contribution in [0, 0.1) is 0 Å². The number of nitrogens with zero attached hydrogens (tertiary/aromatic N) is 3. The van der Waals surface area contributed by atoms with Gasteiger partial charge in [0.2, 0.25) is 5.91 Å². The highest BCUT2D eigenvalue weighted by atomic mass is 32.2. The van der Waals surface area contributed by atoms with E-state index in [9.17, 15) is 4.79 Å². The Morgan fingerprint density at radius 3 is 2.41 bits per heavy atom. The minimum atomic E-state index is -0.0376. The SMILES string of the molecule is CSc1ccc(CN(C)Cc2csc(N(C(C)=O)c3ccccc3)n2)cc1. The van der Waals surface area contributed by atoms with Crippen molar-refractivity contribution in [2.24, 2.45) is 0 Å². The van der Waals surface area contributed by atoms with E-state index in [1.165, 1.54) is 21.8 Å². The average molecular weight is 398 g/mol. The number of rotatable bonds is 7. The van der Waals surface area contributed by atoms with Crippen LogP contribution < -0.4 is 4.90 Å². The first-order valence-corrected chi connectivity index (χ1v) is 10.8. The van der Waals surface area contributed by atoms with Crippen LogP contribution in [0.2, 0.25) is 0 Å². The third-order valence-electron chi connectivity index (χ3n) is 4.10. The van der Waals surface area contributed by atoms with Crippen LogP contribution >= 0.6 is 23.1 Å². The highest BCUT2D eigenvalue weighted by Crippen LogP contribution is 2.29. The monoisotopic (exact) mass is 397 g/mol. The molecule has 1 aromatic heterocycles. The van der Waals surface area contributed by atoms with Gasteiger partial charge in [-0.1, -0.05) is 30.3 Å². The van der Waals surface area contributed by atoms with Gasteiger partial charge < -0.3 is 0 Å². The molecule has 6 heteroatoms. The van der Waals surface area contributed by atoms with Crippen LogP contribution in [-0.4, -0.2) is 29.1 Å². The molecule has 4 nitrogen and oxygen atoms in total. The minimum absolute atomic E-state index is 0.0376. The van der Waals surface area contributed by atoms with Crippen molar-refractivity contribution in [2.75, 3.05) is 18.2 Å². The Kier molecular flexibility index (Phi) is 6.66. The lowest BCUT2D eigenvalue weighted by molar-refractivity contribution is -0.115. The second kappa shape index (κ2) is 9.17. The molecule has 140 valence electrons. The zero-order valence-electron chi connectivity index (χ0n) is 15.8. The molecule has 3 aromatic rings. The number of benzene rings is 2. The first-order chi connectivity index (χ1) is 13.1. The van der Waals surface area contributed by atoms with E-state index in [-0.39, 0.29) is 5.91 Å². The smallest absolute Gasteiger partial charge is 0.230 e. The van der Waals surface area contributed by atoms with Gasteiger partial charge in [-0.15, -0.1) is 23.1 Å². The molecule has 0 atom stereocenters. The average Bonchev–Trinajstić information content (AvgIpc) is 3.10. The Labute approximate surface area is 168 Å². The van der Waals surface area contributed by atoms with E-state index in [1.807, 2.05) is 35.7 Å². The predicted molar refractivity (Wildman–Crippen MR) is 115 cm³/mol. The number of aromatic nitrogens is 1. The lowest BCUT2D eigenvalue weighted by atomic mass is 10.2. The van der Waals surface area contributed by atoms with Crippen molar-refractivity contribution in [2.45, 2.75) is 24.9 Å². The van der Waals surface area contributed by atoms with E-state index in [0.717, 1.165) is 24.5 Å². The molecule has 1 heterocycles. The summed E-state index contributed by atoms with van der Waals surface area (Å²) in [6, 6.07) is 18.3. The quantitative estimate of drug-likeness (QED) is 0.515. The number of carbonyl (C=O) groups excluding carboxylic acids is 1. The molecule has 0 aliphatic heterocycles. The molecule has 0 unspecified atom stereocenters. The third-order valence-corrected chi connectivity index (χ3v) is 5.72. The summed E-state index contributed by atoms with van der Waals surface area (Å²) >= 11 is 3.25. The molecular weight excluding hydrogens is 374 g/mol. The number of hydrogen-bond acceptors (Lipinski definition) is 5. The summed E-state index contributed by atoms with van der Waals surface area (Å²) < 4.78 is 0. The first kappa shape index (κ1) is 19.6. The number of thioether (sulfide) groups is 1. The molecule has 0 spiro atoms. The van der Waals surface area contributed by atoms with Crippen LogP contribution in [0.5, 0.6) is 0 Å². The Bertz CT molecular complexity index is 878. The highest BCUT2D eigenvalue weighted by molar-refractivity contribution is 7.98. The first-order valence-electron chi connectivity index (χ1n) is 8.68. The number of thiazole rings is 1. The molecule has 0 aliphatic rings. The Balaban J connectivity index is 1.68. The van der Waals surface area contributed by atoms with Gasteiger partial charge in [-0.2, -0.15) is 0 Å². The lowest BCUT2D eigenvalue weighted by Gasteiger charge is -2.18. The van der Waals surface area contributed by atoms with Crippen molar-refractivity contribution in [3.63, 3.8) is 0 Å². The molecule has 0 saturated carbocycles. The summed E-state index contributed by atoms with van der Waals surface area (Å²) in [5.41, 5.74) is 3.09. The lowest BCUT2D eigenvalue weighted by Crippen LogP contribution is -2.23. The van der Waals surface area contributed by atoms with Gasteiger partial charge in [0, 0.05) is 30.3 Å². The normalized spacial score (nSPS) is 11.0. The van der Waals surface area contributed by atoms with E-state index < -0.39 is 0 Å². The number of amides is 1. The Morgan fingerprint density at radius 1 is 1.07 bits per heavy atom. The van der Waals surface area contributed by atoms with E-state index in [4.69, 9.17) is 4.98 Å². The fraction of sp³-hybridized carbons (Fsp3) is 0.238. The minimum Gasteiger partial charge on any atom is -0.296 e. The van der Waals surface area contributed by atoms with Crippen molar-refractivity contribution in [1.29, 1.82) is 0 Å². The number of anilines is 2. The van der Waals surface area contributed by atoms with Crippen LogP contribution in [0.15, 0.2) is 64.9 Å². The zero-order chi connectivity index (χ0) is 19.2. The fourth-order valence-electron chi connectivity index (χ4n) is 2.85. The van der Waals surface area contributed by atoms with Crippen LogP contribution in [0.4, 0.5) is 10.8 Å². The maximum absolute atomic E-state index is 12.2. The van der Waals surface area contributed by atoms with Crippen LogP contribution in [0.25, 0.3) is 0 Å². The zero-order valence-corrected chi connectivity index (χ0v) is 17.4. The van der Waals surface area contributed by atoms with Crippen molar-refractivity contribution in [3.05, 3.63) is 71.2 Å². The highest BCUT2D eigenvalue weighted by Gasteiger charge is 2.18. The second-order valence-electron chi connectivity index (χ2n) is 6.33. The largest absolute Gasteiger partial charge is 0.296 e. The standard InChI is InChI=1S/C21H23N3OS2/c1-16(25)24(19-7-5-4-6-8-19)21-22-18(15-27-21)14-23(2)13-17-9-11-20(26-3)12-10-17/h4-12,15H,13-14H2,1-3H3. The van der Waals surface area contributed by atoms with E-state index in [1.54, 1.807) is 23.6 Å². The summed E-state index contributed by atoms with van der Waals surface area (Å²) in [7, 11) is 2.08. The van der Waals surface area contributed by atoms with Crippen molar-refractivity contribution in [3.8, 4) is 0 Å². The van der Waals surface area contributed by atoms with Crippen molar-refractivity contribution < 1.29 is 4.79 Å². The molecule has 0 saturated heterocycles. The summed E-state index contributed by atoms with van der Waals surface area (Å²) in [5.74, 6) is -0.0376. The maximum atomic E-state index is 12.2. The predicted octanol–water partition coefficient (Wildman–Crippen LogP) is 5.18. The topological polar surface area (TPSA) is 36.4 Å². The molecule has 0 N–H and O–H groups in total. The molecule has 0 radical (unpaired) electrons. The molecule has 27 heavy (non-hydrogen) atoms. The summed E-state index contributed by atoms with van der Waals surface area (Å²) in [5, 5.41) is 2.74. The summed E-state index contributed by atoms with van der Waals surface area (Å²) in [6.45, 7) is 3.16. The maximum Gasteiger partial charge on any atom is 0.230 e. The summed E-state index contributed by atoms with van der Waals surface area (Å²) in [4.78, 5) is 22.0. The van der Waals surface area contributed by atoms with Crippen molar-refractivity contribution >= 4 is 39.8 Å². The third kappa shape index (κ3) is 5.19. The molecule has 2 aromatic carbocycles. The van der Waals surface area contributed by atoms with Gasteiger partial charge in [-0.05, 0) is 43.1 Å². The van der Waals surface area contributed by atoms with Crippen molar-refractivity contribution in [1.82, 2.24) is 9.88 Å². The van der Waals surface area contributed by atoms with Gasteiger partial charge in [0.1, 0.15) is 0 Å². The molecule has 0 bridgehead atoms. The van der Waals surface area contributed by atoms with Crippen LogP contribution in [0.1, 0.15) is 18.2 Å². The number of hydrogen-bond donors (Lipinski definition) is 0. The van der Waals surface area contributed by atoms with Gasteiger partial charge >= 0.3 is 0 Å². The molecule has 3 rings (SSSR count). The van der Waals surface area contributed by atoms with Gasteiger partial charge in [0.05, 0.1) is 11.4 Å². The van der Waals surface area contributed by atoms with Gasteiger partial charge in [-0.3, -0.25) is 14.6 Å². The van der Waals surface area contributed by atoms with Gasteiger partial charge in [0.15, 0.2) is 5.13 Å². The number of para-hydroxylation sites is 1. The van der Waals surface area contributed by atoms with E-state index in [0.29, 0.717) is 5.13 Å². The van der Waals surface area contributed by atoms with Crippen LogP contribution in [0.3, 0.4) is 0 Å². The Morgan fingerprint density at radius 2 is 1.78 bits per heavy atom. The van der Waals surface area contributed by atoms with Gasteiger partial charge in [-0.25, -0.2) is 4.98 Å². The molecule has 0 fully saturated rings. The van der Waals surface area contributed by atoms with Gasteiger partial charge in [0.25, 0.3) is 0 Å². The summed E-state index contributed by atoms with van der Waals surface area (Å²) in [6.07, 6.45) is 2.08. The number of carbonyl (C=O) groups is 1.